The van der Waals surface area contributed by atoms with Gasteiger partial charge in [-0.15, -0.1) is 11.8 Å². The summed E-state index contributed by atoms with van der Waals surface area (Å²) in [6, 6.07) is 27.6. The molecule has 184 valence electrons. The number of nitrogens with zero attached hydrogens (tertiary/aromatic N) is 1. The number of hydrogen-bond acceptors (Lipinski definition) is 3. The molecule has 5 heteroatoms. The third-order valence-corrected chi connectivity index (χ3v) is 6.88. The van der Waals surface area contributed by atoms with Crippen LogP contribution >= 0.6 is 11.8 Å². The van der Waals surface area contributed by atoms with Gasteiger partial charge in [0.15, 0.2) is 0 Å². The number of thioether (sulfide) groups is 1. The molecule has 1 atom stereocenters. The van der Waals surface area contributed by atoms with E-state index in [2.05, 4.69) is 31.3 Å². The van der Waals surface area contributed by atoms with E-state index in [0.717, 1.165) is 22.4 Å². The highest BCUT2D eigenvalue weighted by atomic mass is 32.2. The fraction of sp³-hybridized carbons (Fsp3) is 0.333. The first-order valence-corrected chi connectivity index (χ1v) is 13.4. The molecule has 2 amide bonds. The lowest BCUT2D eigenvalue weighted by atomic mass is 10.0. The zero-order valence-electron chi connectivity index (χ0n) is 20.9. The lowest BCUT2D eigenvalue weighted by Gasteiger charge is -2.32. The lowest BCUT2D eigenvalue weighted by Crippen LogP contribution is -2.51. The molecule has 0 aromatic heterocycles. The van der Waals surface area contributed by atoms with Crippen molar-refractivity contribution in [3.8, 4) is 0 Å². The number of hydrogen-bond donors (Lipinski definition) is 1. The highest BCUT2D eigenvalue weighted by molar-refractivity contribution is 7.99. The summed E-state index contributed by atoms with van der Waals surface area (Å²) in [6.45, 7) is 7.18. The minimum atomic E-state index is -0.583. The molecule has 0 saturated carbocycles. The summed E-state index contributed by atoms with van der Waals surface area (Å²) < 4.78 is 0. The molecule has 0 aliphatic heterocycles. The third kappa shape index (κ3) is 8.59. The molecule has 0 radical (unpaired) electrons. The van der Waals surface area contributed by atoms with Crippen LogP contribution < -0.4 is 5.32 Å². The summed E-state index contributed by atoms with van der Waals surface area (Å²) in [5.74, 6) is 1.29. The van der Waals surface area contributed by atoms with Crippen LogP contribution in [0.15, 0.2) is 84.9 Å². The van der Waals surface area contributed by atoms with Crippen molar-refractivity contribution in [3.05, 3.63) is 107 Å². The summed E-state index contributed by atoms with van der Waals surface area (Å²) >= 11 is 1.59. The SMILES string of the molecule is Cc1ccccc1CN(C(=O)CSCc1ccccc1)[C@H](Cc1ccccc1)C(=O)NCC(C)C. The molecule has 0 aliphatic rings. The first-order chi connectivity index (χ1) is 16.9. The Hall–Kier alpha value is -3.05. The molecular weight excluding hydrogens is 452 g/mol. The molecule has 3 aromatic rings. The number of benzene rings is 3. The first kappa shape index (κ1) is 26.6. The second-order valence-corrected chi connectivity index (χ2v) is 10.3. The summed E-state index contributed by atoms with van der Waals surface area (Å²) in [6.07, 6.45) is 0.478. The molecule has 0 fully saturated rings. The Morgan fingerprint density at radius 1 is 0.857 bits per heavy atom. The maximum absolute atomic E-state index is 13.6. The third-order valence-electron chi connectivity index (χ3n) is 5.89. The zero-order valence-corrected chi connectivity index (χ0v) is 21.8. The second kappa shape index (κ2) is 13.7. The van der Waals surface area contributed by atoms with Gasteiger partial charge in [0.05, 0.1) is 5.75 Å². The van der Waals surface area contributed by atoms with Crippen molar-refractivity contribution in [2.75, 3.05) is 12.3 Å². The van der Waals surface area contributed by atoms with E-state index in [1.807, 2.05) is 79.7 Å². The summed E-state index contributed by atoms with van der Waals surface area (Å²) in [5, 5.41) is 3.08. The van der Waals surface area contributed by atoms with Crippen LogP contribution in [-0.2, 0) is 28.3 Å². The number of aryl methyl sites for hydroxylation is 1. The predicted octanol–water partition coefficient (Wildman–Crippen LogP) is 5.64. The van der Waals surface area contributed by atoms with Gasteiger partial charge < -0.3 is 10.2 Å². The smallest absolute Gasteiger partial charge is 0.243 e. The van der Waals surface area contributed by atoms with Crippen LogP contribution in [0.3, 0.4) is 0 Å². The zero-order chi connectivity index (χ0) is 25.0. The standard InChI is InChI=1S/C30H36N2O2S/c1-23(2)19-31-30(34)28(18-25-13-6-4-7-14-25)32(20-27-17-11-10-12-24(27)3)29(33)22-35-21-26-15-8-5-9-16-26/h4-17,23,28H,18-22H2,1-3H3,(H,31,34)/t28-/m1/s1. The molecule has 0 aliphatic carbocycles. The van der Waals surface area contributed by atoms with Crippen molar-refractivity contribution in [2.45, 2.75) is 45.5 Å². The molecule has 1 N–H and O–H groups in total. The van der Waals surface area contributed by atoms with E-state index >= 15 is 0 Å². The van der Waals surface area contributed by atoms with E-state index in [4.69, 9.17) is 0 Å². The molecule has 0 spiro atoms. The van der Waals surface area contributed by atoms with E-state index < -0.39 is 6.04 Å². The van der Waals surface area contributed by atoms with Crippen molar-refractivity contribution >= 4 is 23.6 Å². The molecule has 3 aromatic carbocycles. The average Bonchev–Trinajstić information content (AvgIpc) is 2.87. The van der Waals surface area contributed by atoms with E-state index in [9.17, 15) is 9.59 Å². The molecule has 0 saturated heterocycles. The quantitative estimate of drug-likeness (QED) is 0.359. The number of nitrogens with one attached hydrogen (secondary N) is 1. The van der Waals surface area contributed by atoms with E-state index in [1.165, 1.54) is 5.56 Å². The van der Waals surface area contributed by atoms with Gasteiger partial charge in [-0.3, -0.25) is 9.59 Å². The lowest BCUT2D eigenvalue weighted by molar-refractivity contribution is -0.139. The minimum absolute atomic E-state index is 0.0187. The molecule has 3 rings (SSSR count). The Labute approximate surface area is 214 Å². The second-order valence-electron chi connectivity index (χ2n) is 9.27. The Morgan fingerprint density at radius 2 is 1.46 bits per heavy atom. The predicted molar refractivity (Wildman–Crippen MR) is 146 cm³/mol. The van der Waals surface area contributed by atoms with Gasteiger partial charge in [-0.05, 0) is 35.1 Å². The van der Waals surface area contributed by atoms with Crippen LogP contribution in [0, 0.1) is 12.8 Å². The molecule has 0 bridgehead atoms. The first-order valence-electron chi connectivity index (χ1n) is 12.2. The van der Waals surface area contributed by atoms with Crippen molar-refractivity contribution in [1.82, 2.24) is 10.2 Å². The van der Waals surface area contributed by atoms with Crippen LogP contribution in [0.25, 0.3) is 0 Å². The summed E-state index contributed by atoms with van der Waals surface area (Å²) in [7, 11) is 0. The van der Waals surface area contributed by atoms with Gasteiger partial charge in [-0.2, -0.15) is 0 Å². The van der Waals surface area contributed by atoms with Crippen LogP contribution in [0.1, 0.15) is 36.1 Å². The van der Waals surface area contributed by atoms with Crippen molar-refractivity contribution in [3.63, 3.8) is 0 Å². The van der Waals surface area contributed by atoms with E-state index in [-0.39, 0.29) is 11.8 Å². The van der Waals surface area contributed by atoms with Gasteiger partial charge in [0.25, 0.3) is 0 Å². The van der Waals surface area contributed by atoms with Crippen molar-refractivity contribution < 1.29 is 9.59 Å². The highest BCUT2D eigenvalue weighted by Gasteiger charge is 2.30. The van der Waals surface area contributed by atoms with Crippen LogP contribution in [0.5, 0.6) is 0 Å². The van der Waals surface area contributed by atoms with Crippen LogP contribution in [0.2, 0.25) is 0 Å². The topological polar surface area (TPSA) is 49.4 Å². The van der Waals surface area contributed by atoms with E-state index in [1.54, 1.807) is 16.7 Å². The number of carbonyl (C=O) groups is 2. The molecule has 4 nitrogen and oxygen atoms in total. The van der Waals surface area contributed by atoms with Gasteiger partial charge in [0.2, 0.25) is 11.8 Å². The van der Waals surface area contributed by atoms with Gasteiger partial charge in [0.1, 0.15) is 6.04 Å². The highest BCUT2D eigenvalue weighted by Crippen LogP contribution is 2.20. The maximum atomic E-state index is 13.6. The fourth-order valence-corrected chi connectivity index (χ4v) is 4.73. The monoisotopic (exact) mass is 488 g/mol. The van der Waals surface area contributed by atoms with Gasteiger partial charge in [0, 0.05) is 25.3 Å². The average molecular weight is 489 g/mol. The number of amides is 2. The molecule has 0 heterocycles. The molecule has 0 unspecified atom stereocenters. The fourth-order valence-electron chi connectivity index (χ4n) is 3.86. The van der Waals surface area contributed by atoms with Gasteiger partial charge in [-0.1, -0.05) is 98.8 Å². The normalized spacial score (nSPS) is 11.8. The summed E-state index contributed by atoms with van der Waals surface area (Å²) in [4.78, 5) is 28.9. The van der Waals surface area contributed by atoms with Gasteiger partial charge in [-0.25, -0.2) is 0 Å². The number of rotatable bonds is 12. The van der Waals surface area contributed by atoms with Crippen molar-refractivity contribution in [1.29, 1.82) is 0 Å². The Morgan fingerprint density at radius 3 is 2.09 bits per heavy atom. The molecular formula is C30H36N2O2S. The minimum Gasteiger partial charge on any atom is -0.354 e. The van der Waals surface area contributed by atoms with Crippen molar-refractivity contribution in [2.24, 2.45) is 5.92 Å². The molecule has 35 heavy (non-hydrogen) atoms. The van der Waals surface area contributed by atoms with Gasteiger partial charge >= 0.3 is 0 Å². The number of carbonyl (C=O) groups excluding carboxylic acids is 2. The Balaban J connectivity index is 1.85. The van der Waals surface area contributed by atoms with Crippen LogP contribution in [0.4, 0.5) is 0 Å². The Bertz CT molecular complexity index is 1070. The van der Waals surface area contributed by atoms with E-state index in [0.29, 0.717) is 31.2 Å². The maximum Gasteiger partial charge on any atom is 0.243 e. The largest absolute Gasteiger partial charge is 0.354 e. The summed E-state index contributed by atoms with van der Waals surface area (Å²) in [5.41, 5.74) is 4.40. The Kier molecular flexibility index (Phi) is 10.4. The van der Waals surface area contributed by atoms with Crippen LogP contribution in [-0.4, -0.2) is 35.1 Å².